The maximum Gasteiger partial charge on any atom is 0.0626 e. The molecule has 0 aromatic heterocycles. The van der Waals surface area contributed by atoms with Crippen molar-refractivity contribution in [3.05, 3.63) is 0 Å². The van der Waals surface area contributed by atoms with Gasteiger partial charge in [0.25, 0.3) is 0 Å². The number of nitrogens with one attached hydrogen (secondary N) is 1. The van der Waals surface area contributed by atoms with E-state index in [1.54, 1.807) is 0 Å². The van der Waals surface area contributed by atoms with E-state index in [4.69, 9.17) is 4.74 Å². The van der Waals surface area contributed by atoms with E-state index in [1.165, 1.54) is 0 Å². The van der Waals surface area contributed by atoms with E-state index in [-0.39, 0.29) is 5.41 Å². The first-order chi connectivity index (χ1) is 6.17. The number of rotatable bonds is 3. The van der Waals surface area contributed by atoms with Crippen LogP contribution in [0.4, 0.5) is 0 Å². The van der Waals surface area contributed by atoms with Crippen LogP contribution >= 0.6 is 0 Å². The third kappa shape index (κ3) is 3.02. The molecular weight excluding hydrogens is 162 g/mol. The topological polar surface area (TPSA) is 21.3 Å². The fraction of sp³-hybridized carbons (Fsp3) is 0.818. The molecule has 0 saturated carbocycles. The van der Waals surface area contributed by atoms with Crippen LogP contribution in [0.3, 0.4) is 0 Å². The highest BCUT2D eigenvalue weighted by molar-refractivity contribution is 4.96. The molecule has 1 saturated heterocycles. The molecule has 1 atom stereocenters. The lowest BCUT2D eigenvalue weighted by atomic mass is 9.88. The Morgan fingerprint density at radius 2 is 2.31 bits per heavy atom. The maximum absolute atomic E-state index is 5.43. The van der Waals surface area contributed by atoms with Gasteiger partial charge in [0.1, 0.15) is 0 Å². The van der Waals surface area contributed by atoms with Gasteiger partial charge in [0.2, 0.25) is 0 Å². The second-order valence-electron chi connectivity index (χ2n) is 4.19. The molecule has 1 rings (SSSR count). The first kappa shape index (κ1) is 10.6. The van der Waals surface area contributed by atoms with Crippen molar-refractivity contribution in [3.8, 4) is 11.8 Å². The first-order valence-electron chi connectivity index (χ1n) is 4.87. The van der Waals surface area contributed by atoms with Crippen molar-refractivity contribution in [2.75, 3.05) is 19.8 Å². The van der Waals surface area contributed by atoms with Crippen molar-refractivity contribution in [3.63, 3.8) is 0 Å². The van der Waals surface area contributed by atoms with Gasteiger partial charge >= 0.3 is 0 Å². The molecule has 2 nitrogen and oxygen atoms in total. The van der Waals surface area contributed by atoms with Crippen molar-refractivity contribution in [1.82, 2.24) is 5.32 Å². The monoisotopic (exact) mass is 181 g/mol. The predicted molar refractivity (Wildman–Crippen MR) is 54.5 cm³/mol. The van der Waals surface area contributed by atoms with Crippen molar-refractivity contribution in [1.29, 1.82) is 0 Å². The van der Waals surface area contributed by atoms with E-state index in [9.17, 15) is 0 Å². The average molecular weight is 181 g/mol. The van der Waals surface area contributed by atoms with Gasteiger partial charge in [-0.1, -0.05) is 13.8 Å². The summed E-state index contributed by atoms with van der Waals surface area (Å²) in [5.74, 6) is 5.94. The fourth-order valence-corrected chi connectivity index (χ4v) is 1.54. The van der Waals surface area contributed by atoms with Crippen LogP contribution in [-0.4, -0.2) is 25.8 Å². The summed E-state index contributed by atoms with van der Waals surface area (Å²) >= 11 is 0. The molecule has 1 unspecified atom stereocenters. The third-order valence-corrected chi connectivity index (χ3v) is 2.52. The lowest BCUT2D eigenvalue weighted by Crippen LogP contribution is -2.41. The Labute approximate surface area is 81.0 Å². The van der Waals surface area contributed by atoms with Crippen molar-refractivity contribution in [2.24, 2.45) is 5.41 Å². The van der Waals surface area contributed by atoms with Crippen molar-refractivity contribution >= 4 is 0 Å². The molecule has 0 aromatic rings. The molecule has 0 spiro atoms. The fourth-order valence-electron chi connectivity index (χ4n) is 1.54. The lowest BCUT2D eigenvalue weighted by molar-refractivity contribution is 0.166. The summed E-state index contributed by atoms with van der Waals surface area (Å²) in [5, 5.41) is 3.48. The molecule has 1 aliphatic rings. The molecule has 1 fully saturated rings. The Hall–Kier alpha value is -0.520. The largest absolute Gasteiger partial charge is 0.379 e. The summed E-state index contributed by atoms with van der Waals surface area (Å²) < 4.78 is 5.43. The first-order valence-corrected chi connectivity index (χ1v) is 4.87. The molecule has 0 bridgehead atoms. The smallest absolute Gasteiger partial charge is 0.0626 e. The highest BCUT2D eigenvalue weighted by Gasteiger charge is 2.34. The molecule has 1 aliphatic heterocycles. The molecular formula is C11H19NO. The van der Waals surface area contributed by atoms with Crippen LogP contribution in [-0.2, 0) is 4.74 Å². The van der Waals surface area contributed by atoms with Gasteiger partial charge in [-0.25, -0.2) is 0 Å². The van der Waals surface area contributed by atoms with Crippen LogP contribution in [0.1, 0.15) is 27.2 Å². The van der Waals surface area contributed by atoms with Gasteiger partial charge in [-0.2, -0.15) is 0 Å². The Bertz CT molecular complexity index is 212. The van der Waals surface area contributed by atoms with Gasteiger partial charge in [-0.15, -0.1) is 11.8 Å². The number of hydrogen-bond acceptors (Lipinski definition) is 2. The summed E-state index contributed by atoms with van der Waals surface area (Å²) in [6.45, 7) is 9.03. The van der Waals surface area contributed by atoms with Gasteiger partial charge < -0.3 is 10.1 Å². The van der Waals surface area contributed by atoms with Crippen LogP contribution < -0.4 is 5.32 Å². The second kappa shape index (κ2) is 4.64. The minimum atomic E-state index is 0.277. The molecule has 0 amide bonds. The standard InChI is InChI=1S/C11H19NO/c1-4-5-6-7-12-10-8-13-9-11(10,2)3/h10,12H,6-9H2,1-3H3. The second-order valence-corrected chi connectivity index (χ2v) is 4.19. The van der Waals surface area contributed by atoms with Crippen LogP contribution in [0.15, 0.2) is 0 Å². The molecule has 0 radical (unpaired) electrons. The SMILES string of the molecule is CC#CCCNC1COCC1(C)C. The molecule has 0 aromatic carbocycles. The van der Waals surface area contributed by atoms with E-state index in [2.05, 4.69) is 31.0 Å². The summed E-state index contributed by atoms with van der Waals surface area (Å²) in [4.78, 5) is 0. The van der Waals surface area contributed by atoms with Crippen molar-refractivity contribution in [2.45, 2.75) is 33.2 Å². The van der Waals surface area contributed by atoms with E-state index < -0.39 is 0 Å². The zero-order valence-electron chi connectivity index (χ0n) is 8.81. The summed E-state index contributed by atoms with van der Waals surface area (Å²) in [5.41, 5.74) is 0.277. The van der Waals surface area contributed by atoms with Crippen LogP contribution in [0.5, 0.6) is 0 Å². The zero-order chi connectivity index (χ0) is 9.73. The number of ether oxygens (including phenoxy) is 1. The van der Waals surface area contributed by atoms with Gasteiger partial charge in [-0.3, -0.25) is 0 Å². The normalized spacial score (nSPS) is 25.3. The Kier molecular flexibility index (Phi) is 3.77. The highest BCUT2D eigenvalue weighted by Crippen LogP contribution is 2.26. The van der Waals surface area contributed by atoms with E-state index >= 15 is 0 Å². The Morgan fingerprint density at radius 1 is 1.54 bits per heavy atom. The van der Waals surface area contributed by atoms with E-state index in [0.29, 0.717) is 6.04 Å². The van der Waals surface area contributed by atoms with Gasteiger partial charge in [0.15, 0.2) is 0 Å². The predicted octanol–water partition coefficient (Wildman–Crippen LogP) is 1.41. The molecule has 13 heavy (non-hydrogen) atoms. The van der Waals surface area contributed by atoms with Gasteiger partial charge in [-0.05, 0) is 6.92 Å². The molecule has 74 valence electrons. The Balaban J connectivity index is 2.23. The minimum Gasteiger partial charge on any atom is -0.379 e. The third-order valence-electron chi connectivity index (χ3n) is 2.52. The molecule has 2 heteroatoms. The molecule has 0 aliphatic carbocycles. The van der Waals surface area contributed by atoms with Crippen LogP contribution in [0, 0.1) is 17.3 Å². The minimum absolute atomic E-state index is 0.277. The highest BCUT2D eigenvalue weighted by atomic mass is 16.5. The number of hydrogen-bond donors (Lipinski definition) is 1. The summed E-state index contributed by atoms with van der Waals surface area (Å²) in [7, 11) is 0. The zero-order valence-corrected chi connectivity index (χ0v) is 8.81. The maximum atomic E-state index is 5.43. The quantitative estimate of drug-likeness (QED) is 0.525. The van der Waals surface area contributed by atoms with Crippen molar-refractivity contribution < 1.29 is 4.74 Å². The Morgan fingerprint density at radius 3 is 2.85 bits per heavy atom. The summed E-state index contributed by atoms with van der Waals surface area (Å²) in [6, 6.07) is 0.492. The molecule has 1 N–H and O–H groups in total. The van der Waals surface area contributed by atoms with E-state index in [1.807, 2.05) is 6.92 Å². The average Bonchev–Trinajstić information content (AvgIpc) is 2.40. The molecule has 1 heterocycles. The summed E-state index contributed by atoms with van der Waals surface area (Å²) in [6.07, 6.45) is 0.934. The lowest BCUT2D eigenvalue weighted by Gasteiger charge is -2.25. The van der Waals surface area contributed by atoms with Gasteiger partial charge in [0, 0.05) is 24.4 Å². The van der Waals surface area contributed by atoms with Crippen LogP contribution in [0.2, 0.25) is 0 Å². The van der Waals surface area contributed by atoms with Gasteiger partial charge in [0.05, 0.1) is 13.2 Å². The van der Waals surface area contributed by atoms with E-state index in [0.717, 1.165) is 26.2 Å². The van der Waals surface area contributed by atoms with Crippen LogP contribution in [0.25, 0.3) is 0 Å².